The van der Waals surface area contributed by atoms with Crippen LogP contribution in [0, 0.1) is 0 Å². The Morgan fingerprint density at radius 2 is 1.03 bits per heavy atom. The van der Waals surface area contributed by atoms with Crippen LogP contribution in [-0.2, 0) is 0 Å². The molecule has 1 aliphatic rings. The first-order valence-electron chi connectivity index (χ1n) is 9.27. The summed E-state index contributed by atoms with van der Waals surface area (Å²) in [6.45, 7) is 2.50. The Morgan fingerprint density at radius 1 is 0.483 bits per heavy atom. The predicted molar refractivity (Wildman–Crippen MR) is 111 cm³/mol. The summed E-state index contributed by atoms with van der Waals surface area (Å²) in [6.07, 6.45) is 19.0. The molecule has 5 heterocycles. The van der Waals surface area contributed by atoms with Crippen LogP contribution >= 0.6 is 0 Å². The molecule has 0 amide bonds. The number of hydrogen-bond donors (Lipinski definition) is 2. The minimum atomic E-state index is 1.25. The molecule has 1 aliphatic heterocycles. The van der Waals surface area contributed by atoms with Gasteiger partial charge in [-0.05, 0) is 56.3 Å². The van der Waals surface area contributed by atoms with Crippen LogP contribution in [0.25, 0.3) is 0 Å². The normalized spacial score (nSPS) is 11.3. The number of nitrogens with zero attached hydrogens (tertiary/aromatic N) is 7. The van der Waals surface area contributed by atoms with Crippen molar-refractivity contribution in [2.75, 3.05) is 13.1 Å². The maximum absolute atomic E-state index is 3.78. The summed E-state index contributed by atoms with van der Waals surface area (Å²) in [4.78, 5) is 11.1. The summed E-state index contributed by atoms with van der Waals surface area (Å²) in [5.74, 6) is 0. The van der Waals surface area contributed by atoms with E-state index in [0.717, 1.165) is 0 Å². The van der Waals surface area contributed by atoms with Crippen LogP contribution in [0.3, 0.4) is 0 Å². The second-order valence-corrected chi connectivity index (χ2v) is 5.31. The molecule has 9 heteroatoms. The Hall–Kier alpha value is -3.59. The number of aromatic amines is 1. The molecule has 0 saturated carbocycles. The number of hydrogen-bond acceptors (Lipinski definition) is 8. The molecule has 0 aliphatic carbocycles. The summed E-state index contributed by atoms with van der Waals surface area (Å²) in [7, 11) is 0. The van der Waals surface area contributed by atoms with Gasteiger partial charge in [0.2, 0.25) is 0 Å². The highest BCUT2D eigenvalue weighted by molar-refractivity contribution is 4.88. The van der Waals surface area contributed by atoms with E-state index < -0.39 is 0 Å². The van der Waals surface area contributed by atoms with Crippen molar-refractivity contribution in [3.8, 4) is 0 Å². The molecule has 0 atom stereocenters. The molecule has 0 unspecified atom stereocenters. The van der Waals surface area contributed by atoms with Crippen molar-refractivity contribution in [3.63, 3.8) is 0 Å². The molecule has 5 rings (SSSR count). The fraction of sp³-hybridized carbons (Fsp3) is 0.250. The van der Waals surface area contributed by atoms with Crippen molar-refractivity contribution in [1.82, 2.24) is 45.9 Å². The molecule has 4 aromatic rings. The van der Waals surface area contributed by atoms with Crippen LogP contribution in [-0.4, -0.2) is 53.6 Å². The summed E-state index contributed by atoms with van der Waals surface area (Å²) in [5.41, 5.74) is 0. The van der Waals surface area contributed by atoms with Crippen molar-refractivity contribution in [2.24, 2.45) is 0 Å². The molecule has 1 fully saturated rings. The van der Waals surface area contributed by atoms with Gasteiger partial charge < -0.3 is 5.32 Å². The second kappa shape index (κ2) is 20.7. The van der Waals surface area contributed by atoms with Gasteiger partial charge in [-0.1, -0.05) is 12.5 Å². The fourth-order valence-electron chi connectivity index (χ4n) is 1.79. The topological polar surface area (TPSA) is 118 Å². The van der Waals surface area contributed by atoms with E-state index in [1.165, 1.54) is 38.7 Å². The molecule has 2 N–H and O–H groups in total. The molecule has 0 bridgehead atoms. The van der Waals surface area contributed by atoms with Crippen molar-refractivity contribution in [1.29, 1.82) is 0 Å². The van der Waals surface area contributed by atoms with Gasteiger partial charge in [0.05, 0.1) is 12.4 Å². The lowest BCUT2D eigenvalue weighted by molar-refractivity contribution is 0.520. The second-order valence-electron chi connectivity index (χ2n) is 5.31. The zero-order chi connectivity index (χ0) is 20.5. The third-order valence-corrected chi connectivity index (χ3v) is 3.07. The minimum Gasteiger partial charge on any atom is -0.317 e. The highest BCUT2D eigenvalue weighted by Gasteiger charge is 1.93. The first kappa shape index (κ1) is 23.4. The predicted octanol–water partition coefficient (Wildman–Crippen LogP) is 2.60. The van der Waals surface area contributed by atoms with Crippen LogP contribution in [0.5, 0.6) is 0 Å². The molecular formula is C20H27N9. The third kappa shape index (κ3) is 19.0. The molecule has 4 aromatic heterocycles. The van der Waals surface area contributed by atoms with Crippen molar-refractivity contribution >= 4 is 0 Å². The lowest BCUT2D eigenvalue weighted by Gasteiger charge is -2.08. The maximum Gasteiger partial charge on any atom is 0.115 e. The number of nitrogens with one attached hydrogen (secondary N) is 2. The molecule has 1 saturated heterocycles. The monoisotopic (exact) mass is 393 g/mol. The van der Waals surface area contributed by atoms with Gasteiger partial charge in [0.15, 0.2) is 0 Å². The van der Waals surface area contributed by atoms with Gasteiger partial charge in [0, 0.05) is 37.2 Å². The smallest absolute Gasteiger partial charge is 0.115 e. The highest BCUT2D eigenvalue weighted by atomic mass is 15.3. The van der Waals surface area contributed by atoms with E-state index >= 15 is 0 Å². The zero-order valence-corrected chi connectivity index (χ0v) is 16.3. The van der Waals surface area contributed by atoms with Crippen molar-refractivity contribution in [3.05, 3.63) is 92.3 Å². The molecule has 9 nitrogen and oxygen atoms in total. The van der Waals surface area contributed by atoms with E-state index in [4.69, 9.17) is 0 Å². The number of aromatic nitrogens is 8. The molecule has 0 spiro atoms. The van der Waals surface area contributed by atoms with E-state index in [1.54, 1.807) is 55.6 Å². The Bertz CT molecular complexity index is 538. The SMILES string of the molecule is C1CCNCC1.c1ccncc1.c1ccnnc1.c1cn[nH]n1.c1cncnc1. The van der Waals surface area contributed by atoms with Crippen molar-refractivity contribution in [2.45, 2.75) is 19.3 Å². The quantitative estimate of drug-likeness (QED) is 0.468. The van der Waals surface area contributed by atoms with Gasteiger partial charge in [-0.25, -0.2) is 9.97 Å². The summed E-state index contributed by atoms with van der Waals surface area (Å²) in [6, 6.07) is 11.1. The van der Waals surface area contributed by atoms with Crippen LogP contribution in [0.1, 0.15) is 19.3 Å². The van der Waals surface area contributed by atoms with Gasteiger partial charge in [0.1, 0.15) is 6.33 Å². The first-order valence-corrected chi connectivity index (χ1v) is 9.27. The number of H-pyrrole nitrogens is 1. The Balaban J connectivity index is 0.000000182. The van der Waals surface area contributed by atoms with E-state index in [1.807, 2.05) is 30.3 Å². The molecular weight excluding hydrogens is 366 g/mol. The maximum atomic E-state index is 3.78. The van der Waals surface area contributed by atoms with Gasteiger partial charge in [-0.2, -0.15) is 25.6 Å². The molecule has 29 heavy (non-hydrogen) atoms. The van der Waals surface area contributed by atoms with E-state index in [2.05, 4.69) is 45.9 Å². The zero-order valence-electron chi connectivity index (χ0n) is 16.3. The largest absolute Gasteiger partial charge is 0.317 e. The summed E-state index contributed by atoms with van der Waals surface area (Å²) in [5, 5.41) is 19.7. The average Bonchev–Trinajstić information content (AvgIpc) is 3.45. The van der Waals surface area contributed by atoms with E-state index in [0.29, 0.717) is 0 Å². The number of piperidine rings is 1. The van der Waals surface area contributed by atoms with Gasteiger partial charge >= 0.3 is 0 Å². The van der Waals surface area contributed by atoms with Crippen LogP contribution in [0.4, 0.5) is 0 Å². The molecule has 0 aromatic carbocycles. The standard InChI is InChI=1S/C5H11N.C5H5N.2C4H4N2.C2H3N3/c2*1-2-4-6-5-3-1;1-2-5-4-6-3-1;1-2-4-6-5-3-1;1-2-4-5-3-1/h6H,1-5H2;1-5H;2*1-4H;1-2H,(H,3,4,5). The highest BCUT2D eigenvalue weighted by Crippen LogP contribution is 1.96. The Labute approximate surface area is 171 Å². The molecule has 0 radical (unpaired) electrons. The fourth-order valence-corrected chi connectivity index (χ4v) is 1.79. The summed E-state index contributed by atoms with van der Waals surface area (Å²) >= 11 is 0. The minimum absolute atomic E-state index is 1.25. The number of pyridine rings is 1. The lowest BCUT2D eigenvalue weighted by atomic mass is 10.2. The van der Waals surface area contributed by atoms with Gasteiger partial charge in [-0.15, -0.1) is 0 Å². The Morgan fingerprint density at radius 3 is 1.21 bits per heavy atom. The van der Waals surface area contributed by atoms with Gasteiger partial charge in [0.25, 0.3) is 0 Å². The van der Waals surface area contributed by atoms with Crippen LogP contribution in [0.2, 0.25) is 0 Å². The average molecular weight is 393 g/mol. The summed E-state index contributed by atoms with van der Waals surface area (Å²) < 4.78 is 0. The van der Waals surface area contributed by atoms with Crippen LogP contribution in [0.15, 0.2) is 92.3 Å². The van der Waals surface area contributed by atoms with Crippen LogP contribution < -0.4 is 5.32 Å². The van der Waals surface area contributed by atoms with E-state index in [-0.39, 0.29) is 0 Å². The van der Waals surface area contributed by atoms with Crippen molar-refractivity contribution < 1.29 is 0 Å². The number of rotatable bonds is 0. The molecule has 152 valence electrons. The van der Waals surface area contributed by atoms with E-state index in [9.17, 15) is 0 Å². The first-order chi connectivity index (χ1) is 14.5. The third-order valence-electron chi connectivity index (χ3n) is 3.07. The Kier molecular flexibility index (Phi) is 16.8. The van der Waals surface area contributed by atoms with Gasteiger partial charge in [-0.3, -0.25) is 4.98 Å². The lowest BCUT2D eigenvalue weighted by Crippen LogP contribution is -2.21.